The van der Waals surface area contributed by atoms with Crippen LogP contribution in [0.15, 0.2) is 78.9 Å². The number of carbonyl (C=O) groups excluding carboxylic acids is 2. The molecule has 9 heteroatoms. The molecule has 0 aliphatic heterocycles. The summed E-state index contributed by atoms with van der Waals surface area (Å²) >= 11 is 0. The van der Waals surface area contributed by atoms with Gasteiger partial charge in [0.05, 0.1) is 19.1 Å². The lowest BCUT2D eigenvalue weighted by molar-refractivity contribution is -0.140. The number of likely N-dealkylation sites (N-methyl/N-ethyl adjacent to an activating group) is 1. The number of rotatable bonds is 12. The van der Waals surface area contributed by atoms with Gasteiger partial charge in [0.25, 0.3) is 0 Å². The zero-order chi connectivity index (χ0) is 27.7. The van der Waals surface area contributed by atoms with Crippen LogP contribution in [0.3, 0.4) is 0 Å². The van der Waals surface area contributed by atoms with Crippen molar-refractivity contribution in [3.63, 3.8) is 0 Å². The number of hydrogen-bond donors (Lipinski definition) is 1. The van der Waals surface area contributed by atoms with Gasteiger partial charge in [-0.1, -0.05) is 54.6 Å². The van der Waals surface area contributed by atoms with E-state index in [0.717, 1.165) is 27.3 Å². The van der Waals surface area contributed by atoms with Gasteiger partial charge in [-0.3, -0.25) is 13.9 Å². The highest BCUT2D eigenvalue weighted by Gasteiger charge is 2.33. The van der Waals surface area contributed by atoms with Crippen LogP contribution in [0.1, 0.15) is 23.6 Å². The molecule has 8 nitrogen and oxygen atoms in total. The molecule has 0 unspecified atom stereocenters. The van der Waals surface area contributed by atoms with E-state index in [-0.39, 0.29) is 18.9 Å². The van der Waals surface area contributed by atoms with Gasteiger partial charge >= 0.3 is 0 Å². The van der Waals surface area contributed by atoms with Crippen LogP contribution in [0, 0.1) is 6.92 Å². The average molecular weight is 538 g/mol. The molecule has 0 bridgehead atoms. The molecular weight excluding hydrogens is 502 g/mol. The molecular formula is C29H35N3O5S. The van der Waals surface area contributed by atoms with Gasteiger partial charge < -0.3 is 15.0 Å². The fourth-order valence-electron chi connectivity index (χ4n) is 4.18. The number of nitrogens with zero attached hydrogens (tertiary/aromatic N) is 2. The third-order valence-electron chi connectivity index (χ3n) is 6.26. The van der Waals surface area contributed by atoms with Crippen LogP contribution >= 0.6 is 0 Å². The first-order valence-electron chi connectivity index (χ1n) is 12.4. The molecule has 38 heavy (non-hydrogen) atoms. The molecule has 0 aliphatic rings. The van der Waals surface area contributed by atoms with Gasteiger partial charge in [-0.2, -0.15) is 0 Å². The van der Waals surface area contributed by atoms with Crippen molar-refractivity contribution in [3.05, 3.63) is 95.6 Å². The normalized spacial score (nSPS) is 11.9. The van der Waals surface area contributed by atoms with Crippen molar-refractivity contribution in [2.24, 2.45) is 0 Å². The van der Waals surface area contributed by atoms with Crippen LogP contribution in [0.4, 0.5) is 5.69 Å². The van der Waals surface area contributed by atoms with Crippen LogP contribution in [0.2, 0.25) is 0 Å². The summed E-state index contributed by atoms with van der Waals surface area (Å²) in [5.74, 6) is -0.218. The maximum atomic E-state index is 14.0. The van der Waals surface area contributed by atoms with Crippen molar-refractivity contribution in [2.75, 3.05) is 30.8 Å². The summed E-state index contributed by atoms with van der Waals surface area (Å²) in [4.78, 5) is 28.8. The molecule has 3 aromatic rings. The van der Waals surface area contributed by atoms with E-state index in [1.807, 2.05) is 68.4 Å². The van der Waals surface area contributed by atoms with Crippen molar-refractivity contribution in [1.29, 1.82) is 0 Å². The van der Waals surface area contributed by atoms with Crippen molar-refractivity contribution < 1.29 is 22.7 Å². The Morgan fingerprint density at radius 3 is 2.16 bits per heavy atom. The fourth-order valence-corrected chi connectivity index (χ4v) is 5.03. The van der Waals surface area contributed by atoms with E-state index in [0.29, 0.717) is 18.0 Å². The predicted molar refractivity (Wildman–Crippen MR) is 150 cm³/mol. The topological polar surface area (TPSA) is 96.0 Å². The van der Waals surface area contributed by atoms with Gasteiger partial charge in [0, 0.05) is 19.5 Å². The van der Waals surface area contributed by atoms with Gasteiger partial charge in [-0.15, -0.1) is 0 Å². The van der Waals surface area contributed by atoms with Crippen LogP contribution < -0.4 is 14.4 Å². The van der Waals surface area contributed by atoms with Crippen LogP contribution in [0.25, 0.3) is 0 Å². The number of ether oxygens (including phenoxy) is 1. The van der Waals surface area contributed by atoms with Gasteiger partial charge in [-0.25, -0.2) is 8.42 Å². The third kappa shape index (κ3) is 7.58. The molecule has 0 radical (unpaired) electrons. The number of aryl methyl sites for hydroxylation is 1. The number of methoxy groups -OCH3 is 1. The van der Waals surface area contributed by atoms with Crippen molar-refractivity contribution in [2.45, 2.75) is 32.9 Å². The number of benzene rings is 3. The summed E-state index contributed by atoms with van der Waals surface area (Å²) < 4.78 is 31.8. The van der Waals surface area contributed by atoms with Crippen molar-refractivity contribution in [3.8, 4) is 5.75 Å². The Kier molecular flexibility index (Phi) is 9.90. The Balaban J connectivity index is 2.03. The zero-order valence-corrected chi connectivity index (χ0v) is 23.1. The third-order valence-corrected chi connectivity index (χ3v) is 7.40. The van der Waals surface area contributed by atoms with Crippen LogP contribution in [-0.2, 0) is 32.6 Å². The van der Waals surface area contributed by atoms with Crippen LogP contribution in [-0.4, -0.2) is 57.6 Å². The fraction of sp³-hybridized carbons (Fsp3) is 0.310. The first-order valence-corrected chi connectivity index (χ1v) is 14.3. The molecule has 0 aliphatic carbocycles. The second kappa shape index (κ2) is 13.1. The Morgan fingerprint density at radius 1 is 0.947 bits per heavy atom. The standard InChI is InChI=1S/C29H35N3O5S/c1-5-30-29(34)27(19-23-12-7-6-8-13-23)31(20-24-14-10-9-11-22(24)2)28(33)21-32(38(4,35)36)25-15-17-26(37-3)18-16-25/h6-18,27H,5,19-21H2,1-4H3,(H,30,34)/t27-/m0/s1. The van der Waals surface area contributed by atoms with Gasteiger partial charge in [0.1, 0.15) is 18.3 Å². The van der Waals surface area contributed by atoms with E-state index in [2.05, 4.69) is 5.32 Å². The molecule has 0 spiro atoms. The summed E-state index contributed by atoms with van der Waals surface area (Å²) in [5.41, 5.74) is 3.06. The molecule has 0 fully saturated rings. The number of sulfonamides is 1. The molecule has 2 amide bonds. The lowest BCUT2D eigenvalue weighted by Crippen LogP contribution is -2.53. The van der Waals surface area contributed by atoms with Crippen LogP contribution in [0.5, 0.6) is 5.75 Å². The molecule has 3 rings (SSSR count). The predicted octanol–water partition coefficient (Wildman–Crippen LogP) is 3.55. The lowest BCUT2D eigenvalue weighted by atomic mass is 10.0. The number of carbonyl (C=O) groups is 2. The molecule has 1 atom stereocenters. The quantitative estimate of drug-likeness (QED) is 0.381. The highest BCUT2D eigenvalue weighted by molar-refractivity contribution is 7.92. The highest BCUT2D eigenvalue weighted by Crippen LogP contribution is 2.23. The molecule has 0 aromatic heterocycles. The first-order chi connectivity index (χ1) is 18.1. The number of hydrogen-bond acceptors (Lipinski definition) is 5. The van der Waals surface area contributed by atoms with Crippen molar-refractivity contribution >= 4 is 27.5 Å². The maximum absolute atomic E-state index is 14.0. The summed E-state index contributed by atoms with van der Waals surface area (Å²) in [6.07, 6.45) is 1.34. The molecule has 0 saturated carbocycles. The Morgan fingerprint density at radius 2 is 1.58 bits per heavy atom. The van der Waals surface area contributed by atoms with E-state index in [4.69, 9.17) is 4.74 Å². The lowest BCUT2D eigenvalue weighted by Gasteiger charge is -2.33. The number of anilines is 1. The molecule has 0 saturated heterocycles. The minimum absolute atomic E-state index is 0.153. The summed E-state index contributed by atoms with van der Waals surface area (Å²) in [6, 6.07) is 22.7. The summed E-state index contributed by atoms with van der Waals surface area (Å²) in [7, 11) is -2.30. The van der Waals surface area contributed by atoms with Gasteiger partial charge in [-0.05, 0) is 54.8 Å². The Labute approximate surface area is 225 Å². The minimum Gasteiger partial charge on any atom is -0.497 e. The molecule has 3 aromatic carbocycles. The summed E-state index contributed by atoms with van der Waals surface area (Å²) in [6.45, 7) is 3.86. The zero-order valence-electron chi connectivity index (χ0n) is 22.3. The summed E-state index contributed by atoms with van der Waals surface area (Å²) in [5, 5.41) is 2.85. The molecule has 1 N–H and O–H groups in total. The van der Waals surface area contributed by atoms with E-state index in [1.54, 1.807) is 24.3 Å². The highest BCUT2D eigenvalue weighted by atomic mass is 32.2. The first kappa shape index (κ1) is 28.7. The smallest absolute Gasteiger partial charge is 0.244 e. The Bertz CT molecular complexity index is 1330. The van der Waals surface area contributed by atoms with E-state index in [9.17, 15) is 18.0 Å². The van der Waals surface area contributed by atoms with Crippen molar-refractivity contribution in [1.82, 2.24) is 10.2 Å². The van der Waals surface area contributed by atoms with Gasteiger partial charge in [0.15, 0.2) is 0 Å². The average Bonchev–Trinajstić information content (AvgIpc) is 2.90. The monoisotopic (exact) mass is 537 g/mol. The molecule has 0 heterocycles. The SMILES string of the molecule is CCNC(=O)[C@H](Cc1ccccc1)N(Cc1ccccc1C)C(=O)CN(c1ccc(OC)cc1)S(C)(=O)=O. The van der Waals surface area contributed by atoms with E-state index in [1.165, 1.54) is 12.0 Å². The van der Waals surface area contributed by atoms with E-state index < -0.39 is 28.5 Å². The minimum atomic E-state index is -3.82. The largest absolute Gasteiger partial charge is 0.497 e. The Hall–Kier alpha value is -3.85. The van der Waals surface area contributed by atoms with E-state index >= 15 is 0 Å². The molecule has 202 valence electrons. The maximum Gasteiger partial charge on any atom is 0.244 e. The number of nitrogens with one attached hydrogen (secondary N) is 1. The second-order valence-corrected chi connectivity index (χ2v) is 10.9. The number of amides is 2. The second-order valence-electron chi connectivity index (χ2n) is 9.02. The van der Waals surface area contributed by atoms with Gasteiger partial charge in [0.2, 0.25) is 21.8 Å².